The van der Waals surface area contributed by atoms with Gasteiger partial charge in [-0.2, -0.15) is 0 Å². The fourth-order valence-electron chi connectivity index (χ4n) is 2.76. The van der Waals surface area contributed by atoms with E-state index in [2.05, 4.69) is 15.6 Å². The van der Waals surface area contributed by atoms with Gasteiger partial charge in [0, 0.05) is 30.7 Å². The molecule has 1 saturated carbocycles. The Labute approximate surface area is 144 Å². The molecule has 7 nitrogen and oxygen atoms in total. The van der Waals surface area contributed by atoms with E-state index in [0.29, 0.717) is 36.6 Å². The molecule has 4 rings (SSSR count). The van der Waals surface area contributed by atoms with Crippen LogP contribution in [0.4, 0.5) is 5.69 Å². The number of fused-ring (bicyclic) bond motifs is 1. The zero-order chi connectivity index (χ0) is 17.3. The van der Waals surface area contributed by atoms with Crippen LogP contribution in [0.25, 0.3) is 0 Å². The van der Waals surface area contributed by atoms with Crippen LogP contribution in [0.5, 0.6) is 11.5 Å². The van der Waals surface area contributed by atoms with Gasteiger partial charge in [0.25, 0.3) is 0 Å². The van der Waals surface area contributed by atoms with Gasteiger partial charge in [-0.25, -0.2) is 0 Å². The molecule has 2 N–H and O–H groups in total. The van der Waals surface area contributed by atoms with Gasteiger partial charge < -0.3 is 20.1 Å². The van der Waals surface area contributed by atoms with Crippen molar-refractivity contribution >= 4 is 17.5 Å². The molecule has 7 heteroatoms. The third-order valence-corrected chi connectivity index (χ3v) is 4.43. The average molecular weight is 339 g/mol. The number of rotatable bonds is 5. The van der Waals surface area contributed by atoms with Gasteiger partial charge in [-0.1, -0.05) is 6.07 Å². The lowest BCUT2D eigenvalue weighted by Gasteiger charge is -2.15. The number of nitrogens with one attached hydrogen (secondary N) is 2. The van der Waals surface area contributed by atoms with Crippen molar-refractivity contribution in [2.45, 2.75) is 19.4 Å². The predicted octanol–water partition coefficient (Wildman–Crippen LogP) is 1.85. The molecule has 0 saturated heterocycles. The molecule has 25 heavy (non-hydrogen) atoms. The highest BCUT2D eigenvalue weighted by Crippen LogP contribution is 2.47. The molecule has 128 valence electrons. The fraction of sp³-hybridized carbons (Fsp3) is 0.278. The van der Waals surface area contributed by atoms with Crippen molar-refractivity contribution in [2.75, 3.05) is 12.1 Å². The summed E-state index contributed by atoms with van der Waals surface area (Å²) in [5, 5.41) is 5.63. The maximum atomic E-state index is 12.6. The molecule has 1 fully saturated rings. The monoisotopic (exact) mass is 339 g/mol. The van der Waals surface area contributed by atoms with Crippen LogP contribution in [-0.2, 0) is 16.1 Å². The summed E-state index contributed by atoms with van der Waals surface area (Å²) in [5.41, 5.74) is 0.488. The Kier molecular flexibility index (Phi) is 3.76. The maximum Gasteiger partial charge on any atom is 0.240 e. The summed E-state index contributed by atoms with van der Waals surface area (Å²) in [6.07, 6.45) is 4.45. The number of anilines is 1. The van der Waals surface area contributed by atoms with Crippen LogP contribution < -0.4 is 20.1 Å². The minimum Gasteiger partial charge on any atom is -0.454 e. The van der Waals surface area contributed by atoms with Crippen molar-refractivity contribution in [3.63, 3.8) is 0 Å². The van der Waals surface area contributed by atoms with Gasteiger partial charge in [-0.05, 0) is 36.6 Å². The number of ether oxygens (including phenoxy) is 2. The van der Waals surface area contributed by atoms with Gasteiger partial charge in [0.1, 0.15) is 5.41 Å². The molecule has 2 heterocycles. The Bertz CT molecular complexity index is 818. The normalized spacial score (nSPS) is 16.2. The molecule has 1 aliphatic heterocycles. The SMILES string of the molecule is O=C(NCc1cccnc1)C1(C(=O)Nc2ccc3c(c2)OCO3)CC1. The Morgan fingerprint density at radius 2 is 1.96 bits per heavy atom. The number of benzene rings is 1. The van der Waals surface area contributed by atoms with Crippen molar-refractivity contribution in [2.24, 2.45) is 5.41 Å². The largest absolute Gasteiger partial charge is 0.454 e. The van der Waals surface area contributed by atoms with Crippen molar-refractivity contribution in [1.29, 1.82) is 0 Å². The van der Waals surface area contributed by atoms with E-state index in [1.165, 1.54) is 0 Å². The first kappa shape index (κ1) is 15.4. The van der Waals surface area contributed by atoms with Gasteiger partial charge in [0.2, 0.25) is 18.6 Å². The van der Waals surface area contributed by atoms with E-state index >= 15 is 0 Å². The Hall–Kier alpha value is -3.09. The second-order valence-electron chi connectivity index (χ2n) is 6.15. The lowest BCUT2D eigenvalue weighted by atomic mass is 10.0. The standard InChI is InChI=1S/C18H17N3O4/c22-16(20-10-12-2-1-7-19-9-12)18(5-6-18)17(23)21-13-3-4-14-15(8-13)25-11-24-14/h1-4,7-9H,5-6,10-11H2,(H,20,22)(H,21,23). The summed E-state index contributed by atoms with van der Waals surface area (Å²) in [5.74, 6) is 0.682. The minimum atomic E-state index is -0.988. The highest BCUT2D eigenvalue weighted by Gasteiger charge is 2.56. The molecule has 0 unspecified atom stereocenters. The zero-order valence-corrected chi connectivity index (χ0v) is 13.5. The number of nitrogens with zero attached hydrogens (tertiary/aromatic N) is 1. The van der Waals surface area contributed by atoms with Crippen LogP contribution in [0.2, 0.25) is 0 Å². The number of pyridine rings is 1. The van der Waals surface area contributed by atoms with Crippen LogP contribution in [0.1, 0.15) is 18.4 Å². The lowest BCUT2D eigenvalue weighted by Crippen LogP contribution is -2.39. The first-order valence-corrected chi connectivity index (χ1v) is 8.06. The first-order valence-electron chi connectivity index (χ1n) is 8.06. The Morgan fingerprint density at radius 3 is 2.72 bits per heavy atom. The van der Waals surface area contributed by atoms with Crippen LogP contribution in [-0.4, -0.2) is 23.6 Å². The number of aromatic nitrogens is 1. The highest BCUT2D eigenvalue weighted by atomic mass is 16.7. The summed E-state index contributed by atoms with van der Waals surface area (Å²) >= 11 is 0. The molecule has 2 aromatic rings. The van der Waals surface area contributed by atoms with Crippen molar-refractivity contribution in [3.05, 3.63) is 48.3 Å². The van der Waals surface area contributed by atoms with Gasteiger partial charge in [-0.15, -0.1) is 0 Å². The van der Waals surface area contributed by atoms with E-state index < -0.39 is 5.41 Å². The number of carbonyl (C=O) groups excluding carboxylic acids is 2. The molecule has 2 amide bonds. The van der Waals surface area contributed by atoms with E-state index in [0.717, 1.165) is 5.56 Å². The van der Waals surface area contributed by atoms with Crippen LogP contribution in [0, 0.1) is 5.41 Å². The Morgan fingerprint density at radius 1 is 1.12 bits per heavy atom. The van der Waals surface area contributed by atoms with Gasteiger partial charge in [0.15, 0.2) is 11.5 Å². The highest BCUT2D eigenvalue weighted by molar-refractivity contribution is 6.13. The van der Waals surface area contributed by atoms with Gasteiger partial charge in [0.05, 0.1) is 0 Å². The van der Waals surface area contributed by atoms with Crippen LogP contribution in [0.15, 0.2) is 42.7 Å². The summed E-state index contributed by atoms with van der Waals surface area (Å²) in [4.78, 5) is 29.1. The summed E-state index contributed by atoms with van der Waals surface area (Å²) < 4.78 is 10.5. The van der Waals surface area contributed by atoms with Crippen molar-refractivity contribution in [3.8, 4) is 11.5 Å². The topological polar surface area (TPSA) is 89.6 Å². The Balaban J connectivity index is 1.40. The molecule has 1 aromatic carbocycles. The lowest BCUT2D eigenvalue weighted by molar-refractivity contribution is -0.134. The molecule has 1 aromatic heterocycles. The number of amides is 2. The minimum absolute atomic E-state index is 0.174. The summed E-state index contributed by atoms with van der Waals surface area (Å²) in [7, 11) is 0. The molecule has 2 aliphatic rings. The predicted molar refractivity (Wildman–Crippen MR) is 88.9 cm³/mol. The average Bonchev–Trinajstić information content (AvgIpc) is 3.33. The fourth-order valence-corrected chi connectivity index (χ4v) is 2.76. The molecule has 0 bridgehead atoms. The smallest absolute Gasteiger partial charge is 0.240 e. The first-order chi connectivity index (χ1) is 12.2. The third-order valence-electron chi connectivity index (χ3n) is 4.43. The molecule has 0 atom stereocenters. The van der Waals surface area contributed by atoms with Crippen molar-refractivity contribution < 1.29 is 19.1 Å². The molecular weight excluding hydrogens is 322 g/mol. The molecule has 0 radical (unpaired) electrons. The second-order valence-corrected chi connectivity index (χ2v) is 6.15. The molecular formula is C18H17N3O4. The van der Waals surface area contributed by atoms with E-state index in [-0.39, 0.29) is 18.6 Å². The summed E-state index contributed by atoms with van der Waals surface area (Å²) in [6, 6.07) is 8.85. The molecule has 1 aliphatic carbocycles. The zero-order valence-electron chi connectivity index (χ0n) is 13.5. The summed E-state index contributed by atoms with van der Waals surface area (Å²) in [6.45, 7) is 0.527. The second kappa shape index (κ2) is 6.08. The van der Waals surface area contributed by atoms with Gasteiger partial charge >= 0.3 is 0 Å². The van der Waals surface area contributed by atoms with E-state index in [1.807, 2.05) is 6.07 Å². The molecule has 0 spiro atoms. The van der Waals surface area contributed by atoms with Crippen LogP contribution in [0.3, 0.4) is 0 Å². The number of carbonyl (C=O) groups is 2. The van der Waals surface area contributed by atoms with E-state index in [1.54, 1.807) is 36.7 Å². The van der Waals surface area contributed by atoms with E-state index in [9.17, 15) is 9.59 Å². The number of hydrogen-bond acceptors (Lipinski definition) is 5. The van der Waals surface area contributed by atoms with Crippen molar-refractivity contribution in [1.82, 2.24) is 10.3 Å². The van der Waals surface area contributed by atoms with Gasteiger partial charge in [-0.3, -0.25) is 14.6 Å². The quantitative estimate of drug-likeness (QED) is 0.812. The maximum absolute atomic E-state index is 12.6. The van der Waals surface area contributed by atoms with E-state index in [4.69, 9.17) is 9.47 Å². The van der Waals surface area contributed by atoms with Crippen LogP contribution >= 0.6 is 0 Å². The third kappa shape index (κ3) is 3.00. The number of hydrogen-bond donors (Lipinski definition) is 2.